The number of hydrogen-bond acceptors (Lipinski definition) is 6. The molecule has 1 aliphatic heterocycles. The molecule has 1 N–H and O–H groups in total. The highest BCUT2D eigenvalue weighted by Crippen LogP contribution is 2.31. The van der Waals surface area contributed by atoms with Crippen molar-refractivity contribution in [3.05, 3.63) is 66.2 Å². The fraction of sp³-hybridized carbons (Fsp3) is 0.273. The lowest BCUT2D eigenvalue weighted by atomic mass is 10.1. The van der Waals surface area contributed by atoms with E-state index in [2.05, 4.69) is 16.5 Å². The molecule has 0 saturated heterocycles. The van der Waals surface area contributed by atoms with Crippen LogP contribution >= 0.6 is 0 Å². The first-order valence-electron chi connectivity index (χ1n) is 9.83. The highest BCUT2D eigenvalue weighted by atomic mass is 16.5. The minimum absolute atomic E-state index is 0.0452. The maximum Gasteiger partial charge on any atom is 0.176 e. The molecule has 4 aromatic rings. The molecule has 1 atom stereocenters. The van der Waals surface area contributed by atoms with Crippen molar-refractivity contribution in [3.8, 4) is 11.4 Å². The largest absolute Gasteiger partial charge is 0.377 e. The van der Waals surface area contributed by atoms with Gasteiger partial charge in [-0.05, 0) is 25.0 Å². The number of ether oxygens (including phenoxy) is 1. The van der Waals surface area contributed by atoms with E-state index in [0.717, 1.165) is 47.5 Å². The number of methoxy groups -OCH3 is 1. The molecule has 0 radical (unpaired) electrons. The van der Waals surface area contributed by atoms with Crippen molar-refractivity contribution in [3.63, 3.8) is 0 Å². The number of nitrogens with zero attached hydrogens (tertiary/aromatic N) is 5. The predicted octanol–water partition coefficient (Wildman–Crippen LogP) is 3.98. The second-order valence-corrected chi connectivity index (χ2v) is 7.16. The summed E-state index contributed by atoms with van der Waals surface area (Å²) in [5, 5.41) is 9.20. The summed E-state index contributed by atoms with van der Waals surface area (Å²) >= 11 is 0. The Kier molecular flexibility index (Phi) is 4.65. The van der Waals surface area contributed by atoms with Crippen LogP contribution in [0.25, 0.3) is 22.3 Å². The number of para-hydroxylation sites is 1. The lowest BCUT2D eigenvalue weighted by Crippen LogP contribution is -2.23. The summed E-state index contributed by atoms with van der Waals surface area (Å²) < 4.78 is 7.19. The number of benzene rings is 2. The van der Waals surface area contributed by atoms with Crippen LogP contribution in [0.5, 0.6) is 0 Å². The van der Waals surface area contributed by atoms with Gasteiger partial charge in [0.15, 0.2) is 11.6 Å². The Morgan fingerprint density at radius 1 is 1.03 bits per heavy atom. The smallest absolute Gasteiger partial charge is 0.176 e. The molecule has 0 bridgehead atoms. The number of aryl methyl sites for hydroxylation is 1. The summed E-state index contributed by atoms with van der Waals surface area (Å²) in [6.07, 6.45) is 2.01. The molecule has 0 spiro atoms. The Hall–Kier alpha value is -3.32. The number of nitrogens with one attached hydrogen (secondary N) is 1. The predicted molar refractivity (Wildman–Crippen MR) is 111 cm³/mol. The van der Waals surface area contributed by atoms with Crippen LogP contribution in [0.3, 0.4) is 0 Å². The SMILES string of the molecule is COCc1nc2n(n1)CCCC2Nc1nc(-c2ccccc2)nc2ccccc12. The van der Waals surface area contributed by atoms with Gasteiger partial charge in [0.05, 0.1) is 11.6 Å². The topological polar surface area (TPSA) is 77.8 Å². The molecule has 1 unspecified atom stereocenters. The van der Waals surface area contributed by atoms with E-state index in [9.17, 15) is 0 Å². The van der Waals surface area contributed by atoms with Gasteiger partial charge in [-0.25, -0.2) is 19.6 Å². The van der Waals surface area contributed by atoms with Gasteiger partial charge in [-0.15, -0.1) is 0 Å². The second-order valence-electron chi connectivity index (χ2n) is 7.16. The molecular formula is C22H22N6O. The van der Waals surface area contributed by atoms with Crippen LogP contribution in [0.15, 0.2) is 54.6 Å². The van der Waals surface area contributed by atoms with Crippen molar-refractivity contribution in [1.29, 1.82) is 0 Å². The molecule has 3 heterocycles. The average molecular weight is 386 g/mol. The zero-order chi connectivity index (χ0) is 19.6. The second kappa shape index (κ2) is 7.60. The van der Waals surface area contributed by atoms with E-state index >= 15 is 0 Å². The third-order valence-electron chi connectivity index (χ3n) is 5.14. The van der Waals surface area contributed by atoms with Crippen LogP contribution < -0.4 is 5.32 Å². The monoisotopic (exact) mass is 386 g/mol. The van der Waals surface area contributed by atoms with Crippen molar-refractivity contribution in [2.45, 2.75) is 32.0 Å². The molecule has 146 valence electrons. The molecule has 0 fully saturated rings. The zero-order valence-corrected chi connectivity index (χ0v) is 16.2. The number of rotatable bonds is 5. The Bertz CT molecular complexity index is 1140. The van der Waals surface area contributed by atoms with Gasteiger partial charge in [-0.1, -0.05) is 42.5 Å². The van der Waals surface area contributed by atoms with E-state index < -0.39 is 0 Å². The molecule has 7 heteroatoms. The third-order valence-corrected chi connectivity index (χ3v) is 5.14. The number of hydrogen-bond donors (Lipinski definition) is 1. The first-order chi connectivity index (χ1) is 14.3. The summed E-state index contributed by atoms with van der Waals surface area (Å²) in [4.78, 5) is 14.3. The van der Waals surface area contributed by atoms with Crippen LogP contribution in [0, 0.1) is 0 Å². The van der Waals surface area contributed by atoms with E-state index in [1.807, 2.05) is 53.2 Å². The van der Waals surface area contributed by atoms with Crippen LogP contribution in [0.4, 0.5) is 5.82 Å². The summed E-state index contributed by atoms with van der Waals surface area (Å²) in [5.41, 5.74) is 1.91. The van der Waals surface area contributed by atoms with E-state index in [-0.39, 0.29) is 6.04 Å². The van der Waals surface area contributed by atoms with Crippen molar-refractivity contribution in [1.82, 2.24) is 24.7 Å². The van der Waals surface area contributed by atoms with Gasteiger partial charge >= 0.3 is 0 Å². The van der Waals surface area contributed by atoms with Gasteiger partial charge in [0.1, 0.15) is 18.2 Å². The third kappa shape index (κ3) is 3.45. The normalized spacial score (nSPS) is 16.0. The number of anilines is 1. The van der Waals surface area contributed by atoms with Crippen molar-refractivity contribution in [2.75, 3.05) is 12.4 Å². The fourth-order valence-corrected chi connectivity index (χ4v) is 3.79. The lowest BCUT2D eigenvalue weighted by Gasteiger charge is -2.24. The molecule has 0 amide bonds. The number of fused-ring (bicyclic) bond motifs is 2. The Morgan fingerprint density at radius 2 is 1.86 bits per heavy atom. The van der Waals surface area contributed by atoms with Gasteiger partial charge in [-0.3, -0.25) is 0 Å². The van der Waals surface area contributed by atoms with Gasteiger partial charge in [0.2, 0.25) is 0 Å². The molecule has 0 saturated carbocycles. The van der Waals surface area contributed by atoms with E-state index in [0.29, 0.717) is 18.3 Å². The minimum Gasteiger partial charge on any atom is -0.377 e. The molecule has 29 heavy (non-hydrogen) atoms. The molecule has 2 aromatic heterocycles. The Labute approximate surface area is 168 Å². The van der Waals surface area contributed by atoms with Crippen LogP contribution in [0.1, 0.15) is 30.5 Å². The Morgan fingerprint density at radius 3 is 2.72 bits per heavy atom. The quantitative estimate of drug-likeness (QED) is 0.559. The molecule has 1 aliphatic rings. The lowest BCUT2D eigenvalue weighted by molar-refractivity contribution is 0.177. The fourth-order valence-electron chi connectivity index (χ4n) is 3.79. The average Bonchev–Trinajstić information content (AvgIpc) is 3.18. The summed E-state index contributed by atoms with van der Waals surface area (Å²) in [6, 6.07) is 18.2. The first-order valence-corrected chi connectivity index (χ1v) is 9.83. The maximum absolute atomic E-state index is 5.20. The van der Waals surface area contributed by atoms with Gasteiger partial charge in [-0.2, -0.15) is 5.10 Å². The van der Waals surface area contributed by atoms with Crippen molar-refractivity contribution < 1.29 is 4.74 Å². The summed E-state index contributed by atoms with van der Waals surface area (Å²) in [6.45, 7) is 1.30. The standard InChI is InChI=1S/C22H22N6O/c1-29-14-19-25-22-18(12-7-13-28(22)27-19)24-21-16-10-5-6-11-17(16)23-20(26-21)15-8-3-2-4-9-15/h2-6,8-11,18H,7,12-14H2,1H3,(H,23,24,26). The van der Waals surface area contributed by atoms with Crippen molar-refractivity contribution in [2.24, 2.45) is 0 Å². The van der Waals surface area contributed by atoms with Gasteiger partial charge < -0.3 is 10.1 Å². The molecule has 2 aromatic carbocycles. The van der Waals surface area contributed by atoms with E-state index in [4.69, 9.17) is 19.7 Å². The van der Waals surface area contributed by atoms with E-state index in [1.54, 1.807) is 7.11 Å². The molecular weight excluding hydrogens is 364 g/mol. The van der Waals surface area contributed by atoms with E-state index in [1.165, 1.54) is 0 Å². The molecule has 0 aliphatic carbocycles. The van der Waals surface area contributed by atoms with Gasteiger partial charge in [0, 0.05) is 24.6 Å². The zero-order valence-electron chi connectivity index (χ0n) is 16.2. The Balaban J connectivity index is 1.56. The number of aromatic nitrogens is 5. The van der Waals surface area contributed by atoms with Crippen LogP contribution in [0.2, 0.25) is 0 Å². The highest BCUT2D eigenvalue weighted by Gasteiger charge is 2.25. The molecule has 5 rings (SSSR count). The molecule has 7 nitrogen and oxygen atoms in total. The van der Waals surface area contributed by atoms with Gasteiger partial charge in [0.25, 0.3) is 0 Å². The minimum atomic E-state index is 0.0452. The summed E-state index contributed by atoms with van der Waals surface area (Å²) in [5.74, 6) is 3.19. The van der Waals surface area contributed by atoms with Crippen molar-refractivity contribution >= 4 is 16.7 Å². The van der Waals surface area contributed by atoms with Crippen LogP contribution in [-0.4, -0.2) is 31.8 Å². The maximum atomic E-state index is 5.20. The first kappa shape index (κ1) is 17.8. The summed E-state index contributed by atoms with van der Waals surface area (Å²) in [7, 11) is 1.66. The van der Waals surface area contributed by atoms with Crippen LogP contribution in [-0.2, 0) is 17.9 Å². The highest BCUT2D eigenvalue weighted by molar-refractivity contribution is 5.90.